The molecular weight excluding hydrogens is 404 g/mol. The summed E-state index contributed by atoms with van der Waals surface area (Å²) in [5.41, 5.74) is 3.88. The van der Waals surface area contributed by atoms with E-state index in [1.165, 1.54) is 0 Å². The Morgan fingerprint density at radius 1 is 0.969 bits per heavy atom. The summed E-state index contributed by atoms with van der Waals surface area (Å²) in [4.78, 5) is 27.6. The lowest BCUT2D eigenvalue weighted by molar-refractivity contribution is -0.126. The number of benzene rings is 3. The number of anilines is 1. The van der Waals surface area contributed by atoms with E-state index in [2.05, 4.69) is 5.32 Å². The highest BCUT2D eigenvalue weighted by atomic mass is 16.7. The Morgan fingerprint density at radius 3 is 2.47 bits per heavy atom. The van der Waals surface area contributed by atoms with Gasteiger partial charge in [0.05, 0.1) is 12.0 Å². The number of hydrogen-bond donors (Lipinski definition) is 1. The van der Waals surface area contributed by atoms with Crippen LogP contribution in [0.5, 0.6) is 11.5 Å². The van der Waals surface area contributed by atoms with Gasteiger partial charge in [0.1, 0.15) is 0 Å². The van der Waals surface area contributed by atoms with Crippen LogP contribution >= 0.6 is 0 Å². The smallest absolute Gasteiger partial charge is 0.231 e. The van der Waals surface area contributed by atoms with Gasteiger partial charge < -0.3 is 19.7 Å². The number of fused-ring (bicyclic) bond motifs is 1. The van der Waals surface area contributed by atoms with Crippen molar-refractivity contribution in [2.75, 3.05) is 18.2 Å². The summed E-state index contributed by atoms with van der Waals surface area (Å²) in [6, 6.07) is 23.2. The molecule has 2 aliphatic rings. The molecule has 0 aliphatic carbocycles. The normalized spacial score (nSPS) is 18.0. The standard InChI is InChI=1S/C26H24N2O4/c1-17-7-9-19(10-8-17)25(18-5-3-2-4-6-18)27-26(30)20-13-24(29)28(15-20)21-11-12-22-23(14-21)32-16-31-22/h2-12,14,20,25H,13,15-16H2,1H3,(H,27,30). The van der Waals surface area contributed by atoms with Gasteiger partial charge in [-0.25, -0.2) is 0 Å². The molecule has 0 bridgehead atoms. The predicted molar refractivity (Wildman–Crippen MR) is 121 cm³/mol. The van der Waals surface area contributed by atoms with Crippen molar-refractivity contribution in [3.8, 4) is 11.5 Å². The molecule has 2 aliphatic heterocycles. The summed E-state index contributed by atoms with van der Waals surface area (Å²) >= 11 is 0. The van der Waals surface area contributed by atoms with Gasteiger partial charge in [0, 0.05) is 24.7 Å². The zero-order valence-electron chi connectivity index (χ0n) is 17.8. The second kappa shape index (κ2) is 8.38. The van der Waals surface area contributed by atoms with Gasteiger partial charge in [-0.1, -0.05) is 60.2 Å². The zero-order chi connectivity index (χ0) is 22.1. The van der Waals surface area contributed by atoms with Crippen LogP contribution in [0.4, 0.5) is 5.69 Å². The fourth-order valence-corrected chi connectivity index (χ4v) is 4.21. The van der Waals surface area contributed by atoms with Gasteiger partial charge in [0.15, 0.2) is 11.5 Å². The molecule has 2 atom stereocenters. The van der Waals surface area contributed by atoms with Crippen LogP contribution in [0.1, 0.15) is 29.2 Å². The molecule has 0 spiro atoms. The van der Waals surface area contributed by atoms with E-state index in [1.807, 2.05) is 67.6 Å². The number of amides is 2. The quantitative estimate of drug-likeness (QED) is 0.668. The highest BCUT2D eigenvalue weighted by Crippen LogP contribution is 2.37. The first-order valence-electron chi connectivity index (χ1n) is 10.7. The number of carbonyl (C=O) groups is 2. The van der Waals surface area contributed by atoms with Gasteiger partial charge in [-0.15, -0.1) is 0 Å². The first kappa shape index (κ1) is 20.1. The van der Waals surface area contributed by atoms with E-state index in [0.717, 1.165) is 16.7 Å². The van der Waals surface area contributed by atoms with E-state index in [1.54, 1.807) is 17.0 Å². The molecule has 32 heavy (non-hydrogen) atoms. The molecule has 5 rings (SSSR count). The van der Waals surface area contributed by atoms with Gasteiger partial charge in [-0.05, 0) is 30.2 Å². The minimum absolute atomic E-state index is 0.0735. The Morgan fingerprint density at radius 2 is 1.69 bits per heavy atom. The molecule has 3 aromatic carbocycles. The van der Waals surface area contributed by atoms with Crippen LogP contribution in [-0.2, 0) is 9.59 Å². The second-order valence-electron chi connectivity index (χ2n) is 8.21. The van der Waals surface area contributed by atoms with Crippen molar-refractivity contribution in [1.29, 1.82) is 0 Å². The summed E-state index contributed by atoms with van der Waals surface area (Å²) in [5.74, 6) is 0.654. The van der Waals surface area contributed by atoms with Gasteiger partial charge in [0.2, 0.25) is 18.6 Å². The van der Waals surface area contributed by atoms with Gasteiger partial charge >= 0.3 is 0 Å². The lowest BCUT2D eigenvalue weighted by Crippen LogP contribution is -2.36. The number of carbonyl (C=O) groups excluding carboxylic acids is 2. The molecule has 6 nitrogen and oxygen atoms in total. The summed E-state index contributed by atoms with van der Waals surface area (Å²) < 4.78 is 10.8. The van der Waals surface area contributed by atoms with Gasteiger partial charge in [0.25, 0.3) is 0 Å². The first-order chi connectivity index (χ1) is 15.6. The number of ether oxygens (including phenoxy) is 2. The van der Waals surface area contributed by atoms with Crippen molar-refractivity contribution in [1.82, 2.24) is 5.32 Å². The van der Waals surface area contributed by atoms with E-state index in [4.69, 9.17) is 9.47 Å². The lowest BCUT2D eigenvalue weighted by Gasteiger charge is -2.22. The van der Waals surface area contributed by atoms with Gasteiger partial charge in [-0.3, -0.25) is 9.59 Å². The zero-order valence-corrected chi connectivity index (χ0v) is 17.8. The third-order valence-electron chi connectivity index (χ3n) is 5.99. The fourth-order valence-electron chi connectivity index (χ4n) is 4.21. The average molecular weight is 428 g/mol. The van der Waals surface area contributed by atoms with Crippen LogP contribution in [0, 0.1) is 12.8 Å². The number of nitrogens with one attached hydrogen (secondary N) is 1. The molecule has 0 saturated carbocycles. The Hall–Kier alpha value is -3.80. The van der Waals surface area contributed by atoms with Crippen LogP contribution < -0.4 is 19.7 Å². The molecule has 1 fully saturated rings. The lowest BCUT2D eigenvalue weighted by atomic mass is 9.96. The predicted octanol–water partition coefficient (Wildman–Crippen LogP) is 3.98. The largest absolute Gasteiger partial charge is 0.454 e. The van der Waals surface area contributed by atoms with Crippen LogP contribution in [0.25, 0.3) is 0 Å². The topological polar surface area (TPSA) is 67.9 Å². The van der Waals surface area contributed by atoms with Crippen molar-refractivity contribution < 1.29 is 19.1 Å². The van der Waals surface area contributed by atoms with Crippen LogP contribution in [0.2, 0.25) is 0 Å². The SMILES string of the molecule is Cc1ccc(C(NC(=O)C2CC(=O)N(c3ccc4c(c3)OCO4)C2)c2ccccc2)cc1. The Labute approximate surface area is 186 Å². The Bertz CT molecular complexity index is 1140. The molecule has 6 heteroatoms. The third kappa shape index (κ3) is 3.91. The van der Waals surface area contributed by atoms with E-state index in [9.17, 15) is 9.59 Å². The summed E-state index contributed by atoms with van der Waals surface area (Å²) in [7, 11) is 0. The molecule has 3 aromatic rings. The number of aryl methyl sites for hydroxylation is 1. The summed E-state index contributed by atoms with van der Waals surface area (Å²) in [5, 5.41) is 3.18. The Kier molecular flexibility index (Phi) is 5.27. The second-order valence-corrected chi connectivity index (χ2v) is 8.21. The third-order valence-corrected chi connectivity index (χ3v) is 5.99. The Balaban J connectivity index is 1.35. The van der Waals surface area contributed by atoms with E-state index < -0.39 is 5.92 Å². The maximum absolute atomic E-state index is 13.2. The maximum atomic E-state index is 13.2. The van der Waals surface area contributed by atoms with Crippen LogP contribution in [0.15, 0.2) is 72.8 Å². The van der Waals surface area contributed by atoms with E-state index in [0.29, 0.717) is 23.7 Å². The minimum Gasteiger partial charge on any atom is -0.454 e. The monoisotopic (exact) mass is 428 g/mol. The highest BCUT2D eigenvalue weighted by Gasteiger charge is 2.36. The number of rotatable bonds is 5. The van der Waals surface area contributed by atoms with Crippen LogP contribution in [-0.4, -0.2) is 25.2 Å². The van der Waals surface area contributed by atoms with Crippen molar-refractivity contribution in [3.63, 3.8) is 0 Å². The fraction of sp³-hybridized carbons (Fsp3) is 0.231. The molecule has 2 unspecified atom stereocenters. The maximum Gasteiger partial charge on any atom is 0.231 e. The molecule has 1 saturated heterocycles. The molecular formula is C26H24N2O4. The summed E-state index contributed by atoms with van der Waals surface area (Å²) in [6.07, 6.45) is 0.176. The highest BCUT2D eigenvalue weighted by molar-refractivity contribution is 6.00. The molecule has 1 N–H and O–H groups in total. The van der Waals surface area contributed by atoms with Gasteiger partial charge in [-0.2, -0.15) is 0 Å². The molecule has 2 heterocycles. The molecule has 0 radical (unpaired) electrons. The molecule has 162 valence electrons. The minimum atomic E-state index is -0.426. The van der Waals surface area contributed by atoms with E-state index in [-0.39, 0.29) is 31.1 Å². The first-order valence-corrected chi connectivity index (χ1v) is 10.7. The number of hydrogen-bond acceptors (Lipinski definition) is 4. The number of nitrogens with zero attached hydrogens (tertiary/aromatic N) is 1. The van der Waals surface area contributed by atoms with Crippen molar-refractivity contribution >= 4 is 17.5 Å². The van der Waals surface area contributed by atoms with Crippen molar-refractivity contribution in [3.05, 3.63) is 89.5 Å². The van der Waals surface area contributed by atoms with Crippen molar-refractivity contribution in [2.45, 2.75) is 19.4 Å². The summed E-state index contributed by atoms with van der Waals surface area (Å²) in [6.45, 7) is 2.55. The van der Waals surface area contributed by atoms with Crippen LogP contribution in [0.3, 0.4) is 0 Å². The van der Waals surface area contributed by atoms with E-state index >= 15 is 0 Å². The van der Waals surface area contributed by atoms with Crippen molar-refractivity contribution in [2.24, 2.45) is 5.92 Å². The molecule has 2 amide bonds. The average Bonchev–Trinajstić information content (AvgIpc) is 3.44. The molecule has 0 aromatic heterocycles.